The third-order valence-corrected chi connectivity index (χ3v) is 6.74. The average molecular weight is 587 g/mol. The number of nitrogens with one attached hydrogen (secondary N) is 4. The molecule has 2 aliphatic rings. The predicted octanol–water partition coefficient (Wildman–Crippen LogP) is 1.84. The molecule has 0 unspecified atom stereocenters. The van der Waals surface area contributed by atoms with Crippen molar-refractivity contribution in [1.82, 2.24) is 21.3 Å². The smallest absolute Gasteiger partial charge is 0.420 e. The van der Waals surface area contributed by atoms with E-state index in [1.165, 1.54) is 0 Å². The second-order valence-corrected chi connectivity index (χ2v) is 10.7. The molecule has 2 fully saturated rings. The molecule has 2 saturated heterocycles. The Kier molecular flexibility index (Phi) is 10.2. The lowest BCUT2D eigenvalue weighted by Crippen LogP contribution is -2.58. The summed E-state index contributed by atoms with van der Waals surface area (Å²) in [6.07, 6.45) is 0.118. The van der Waals surface area contributed by atoms with Gasteiger partial charge in [0.1, 0.15) is 0 Å². The molecule has 4 N–H and O–H groups in total. The lowest BCUT2D eigenvalue weighted by molar-refractivity contribution is -0.191. The third-order valence-electron chi connectivity index (χ3n) is 6.74. The zero-order valence-electron chi connectivity index (χ0n) is 25.1. The molecule has 2 aromatic rings. The van der Waals surface area contributed by atoms with Gasteiger partial charge in [0, 0.05) is 50.1 Å². The number of hydrogen-bond acceptors (Lipinski definition) is 12. The summed E-state index contributed by atoms with van der Waals surface area (Å²) in [5, 5.41) is 12.7. The van der Waals surface area contributed by atoms with Gasteiger partial charge in [0.15, 0.2) is 23.0 Å². The monoisotopic (exact) mass is 586 g/mol. The van der Waals surface area contributed by atoms with Crippen LogP contribution in [0.25, 0.3) is 0 Å². The molecule has 0 aliphatic carbocycles. The summed E-state index contributed by atoms with van der Waals surface area (Å²) in [7, 11) is 3.13. The standard InChI is InChI=1S/C30H42N4O8/c1-19(2)39-25-21(9-7-11-23(25)37-5)17-29(31-13-14-32-29)41-27(35)28(36)42-30(33-15-16-34-30)18-22-10-8-12-24(38-6)26(22)40-20(3)4/h7-12,19-20,31-34H,13-18H2,1-6H3. The van der Waals surface area contributed by atoms with Crippen LogP contribution in [0.3, 0.4) is 0 Å². The molecule has 12 nitrogen and oxygen atoms in total. The Labute approximate surface area is 246 Å². The first-order valence-corrected chi connectivity index (χ1v) is 14.2. The van der Waals surface area contributed by atoms with Crippen molar-refractivity contribution in [2.75, 3.05) is 40.4 Å². The Morgan fingerprint density at radius 2 is 1.02 bits per heavy atom. The third kappa shape index (κ3) is 7.43. The predicted molar refractivity (Wildman–Crippen MR) is 155 cm³/mol. The molecule has 0 aromatic heterocycles. The van der Waals surface area contributed by atoms with Gasteiger partial charge in [0.05, 0.1) is 26.4 Å². The summed E-state index contributed by atoms with van der Waals surface area (Å²) in [5.74, 6) is -2.81. The lowest BCUT2D eigenvalue weighted by atomic mass is 10.1. The first-order valence-electron chi connectivity index (χ1n) is 14.2. The van der Waals surface area contributed by atoms with Gasteiger partial charge in [-0.2, -0.15) is 0 Å². The van der Waals surface area contributed by atoms with Gasteiger partial charge in [0.2, 0.25) is 11.7 Å². The van der Waals surface area contributed by atoms with Crippen LogP contribution in [0, 0.1) is 0 Å². The number of rotatable bonds is 12. The molecule has 2 heterocycles. The van der Waals surface area contributed by atoms with Crippen LogP contribution in [0.4, 0.5) is 0 Å². The van der Waals surface area contributed by atoms with Crippen LogP contribution in [0.15, 0.2) is 36.4 Å². The van der Waals surface area contributed by atoms with Gasteiger partial charge in [-0.1, -0.05) is 24.3 Å². The van der Waals surface area contributed by atoms with E-state index >= 15 is 0 Å². The van der Waals surface area contributed by atoms with Gasteiger partial charge >= 0.3 is 11.9 Å². The fourth-order valence-corrected chi connectivity index (χ4v) is 5.05. The van der Waals surface area contributed by atoms with Crippen LogP contribution in [0.1, 0.15) is 38.8 Å². The van der Waals surface area contributed by atoms with E-state index in [0.717, 1.165) is 11.1 Å². The second-order valence-electron chi connectivity index (χ2n) is 10.7. The number of para-hydroxylation sites is 2. The molecular weight excluding hydrogens is 544 g/mol. The zero-order chi connectivity index (χ0) is 30.3. The van der Waals surface area contributed by atoms with E-state index < -0.39 is 23.6 Å². The van der Waals surface area contributed by atoms with E-state index in [-0.39, 0.29) is 25.0 Å². The largest absolute Gasteiger partial charge is 0.493 e. The summed E-state index contributed by atoms with van der Waals surface area (Å²) in [5.41, 5.74) is 1.47. The van der Waals surface area contributed by atoms with Crippen molar-refractivity contribution in [3.63, 3.8) is 0 Å². The number of ether oxygens (including phenoxy) is 6. The van der Waals surface area contributed by atoms with Crippen molar-refractivity contribution in [2.45, 2.75) is 64.4 Å². The average Bonchev–Trinajstić information content (AvgIpc) is 3.60. The molecule has 0 atom stereocenters. The first-order chi connectivity index (χ1) is 20.1. The maximum Gasteiger partial charge on any atom is 0.420 e. The number of methoxy groups -OCH3 is 2. The summed E-state index contributed by atoms with van der Waals surface area (Å²) < 4.78 is 34.6. The summed E-state index contributed by atoms with van der Waals surface area (Å²) in [6.45, 7) is 9.75. The molecule has 230 valence electrons. The minimum Gasteiger partial charge on any atom is -0.493 e. The molecule has 2 aliphatic heterocycles. The molecule has 2 aromatic carbocycles. The van der Waals surface area contributed by atoms with Gasteiger partial charge in [-0.3, -0.25) is 21.3 Å². The van der Waals surface area contributed by atoms with Gasteiger partial charge < -0.3 is 28.4 Å². The SMILES string of the molecule is COc1cccc(CC2(OC(=O)C(=O)OC3(Cc4cccc(OC)c4OC(C)C)NCCN3)NCCN2)c1OC(C)C. The number of carbonyl (C=O) groups excluding carboxylic acids is 2. The highest BCUT2D eigenvalue weighted by Gasteiger charge is 2.44. The molecule has 0 bridgehead atoms. The Morgan fingerprint density at radius 1 is 0.667 bits per heavy atom. The summed E-state index contributed by atoms with van der Waals surface area (Å²) >= 11 is 0. The molecule has 0 radical (unpaired) electrons. The minimum atomic E-state index is -1.35. The molecule has 4 rings (SSSR count). The van der Waals surface area contributed by atoms with Crippen molar-refractivity contribution in [3.8, 4) is 23.0 Å². The maximum atomic E-state index is 13.2. The van der Waals surface area contributed by atoms with Crippen molar-refractivity contribution in [3.05, 3.63) is 47.5 Å². The van der Waals surface area contributed by atoms with Crippen molar-refractivity contribution in [2.24, 2.45) is 0 Å². The maximum absolute atomic E-state index is 13.2. The first kappa shape index (κ1) is 31.4. The van der Waals surface area contributed by atoms with E-state index in [1.54, 1.807) is 26.4 Å². The van der Waals surface area contributed by atoms with E-state index in [9.17, 15) is 9.59 Å². The zero-order valence-corrected chi connectivity index (χ0v) is 25.1. The van der Waals surface area contributed by atoms with E-state index in [0.29, 0.717) is 49.2 Å². The minimum absolute atomic E-state index is 0.114. The number of esters is 2. The van der Waals surface area contributed by atoms with Crippen molar-refractivity contribution >= 4 is 11.9 Å². The highest BCUT2D eigenvalue weighted by molar-refractivity contribution is 6.29. The topological polar surface area (TPSA) is 138 Å². The van der Waals surface area contributed by atoms with Gasteiger partial charge in [-0.15, -0.1) is 0 Å². The number of hydrogen-bond donors (Lipinski definition) is 4. The molecule has 0 saturated carbocycles. The Balaban J connectivity index is 1.53. The van der Waals surface area contributed by atoms with Gasteiger partial charge in [-0.25, -0.2) is 9.59 Å². The van der Waals surface area contributed by atoms with Crippen LogP contribution in [0.5, 0.6) is 23.0 Å². The quantitative estimate of drug-likeness (QED) is 0.213. The Bertz CT molecular complexity index is 1140. The molecule has 0 amide bonds. The molecular formula is C30H42N4O8. The Hall–Kier alpha value is -3.58. The van der Waals surface area contributed by atoms with Crippen LogP contribution >= 0.6 is 0 Å². The molecule has 0 spiro atoms. The van der Waals surface area contributed by atoms with Crippen molar-refractivity contribution < 1.29 is 38.0 Å². The van der Waals surface area contributed by atoms with Crippen LogP contribution in [-0.2, 0) is 31.9 Å². The number of carbonyl (C=O) groups is 2. The molecule has 12 heteroatoms. The Morgan fingerprint density at radius 3 is 1.33 bits per heavy atom. The molecule has 42 heavy (non-hydrogen) atoms. The van der Waals surface area contributed by atoms with Crippen LogP contribution in [0.2, 0.25) is 0 Å². The van der Waals surface area contributed by atoms with Gasteiger partial charge in [0.25, 0.3) is 0 Å². The fraction of sp³-hybridized carbons (Fsp3) is 0.533. The fourth-order valence-electron chi connectivity index (χ4n) is 5.05. The van der Waals surface area contributed by atoms with Crippen LogP contribution < -0.4 is 40.2 Å². The van der Waals surface area contributed by atoms with E-state index in [4.69, 9.17) is 28.4 Å². The van der Waals surface area contributed by atoms with Crippen LogP contribution in [-0.4, -0.2) is 76.2 Å². The van der Waals surface area contributed by atoms with E-state index in [1.807, 2.05) is 52.0 Å². The van der Waals surface area contributed by atoms with Gasteiger partial charge in [-0.05, 0) is 39.8 Å². The summed E-state index contributed by atoms with van der Waals surface area (Å²) in [6, 6.07) is 11.0. The summed E-state index contributed by atoms with van der Waals surface area (Å²) in [4.78, 5) is 26.5. The highest BCUT2D eigenvalue weighted by atomic mass is 16.6. The second kappa shape index (κ2) is 13.6. The van der Waals surface area contributed by atoms with E-state index in [2.05, 4.69) is 21.3 Å². The number of benzene rings is 2. The normalized spacial score (nSPS) is 17.2. The van der Waals surface area contributed by atoms with Crippen molar-refractivity contribution in [1.29, 1.82) is 0 Å². The lowest BCUT2D eigenvalue weighted by Gasteiger charge is -2.32. The highest BCUT2D eigenvalue weighted by Crippen LogP contribution is 2.36.